The fourth-order valence-electron chi connectivity index (χ4n) is 2.26. The summed E-state index contributed by atoms with van der Waals surface area (Å²) >= 11 is 6.06. The lowest BCUT2D eigenvalue weighted by atomic mass is 10.2. The normalized spacial score (nSPS) is 10.6. The second-order valence-corrected chi connectivity index (χ2v) is 5.78. The third-order valence-corrected chi connectivity index (χ3v) is 3.96. The van der Waals surface area contributed by atoms with Gasteiger partial charge in [0.2, 0.25) is 5.91 Å². The summed E-state index contributed by atoms with van der Waals surface area (Å²) in [6.45, 7) is 1.54. The van der Waals surface area contributed by atoms with E-state index in [9.17, 15) is 9.59 Å². The lowest BCUT2D eigenvalue weighted by molar-refractivity contribution is -0.117. The first-order chi connectivity index (χ1) is 12.5. The number of carbonyl (C=O) groups excluding carboxylic acids is 1. The standard InChI is InChI=1S/C16H15ClN6O3/c1-10-5-12(13(26-2)6-11(10)17)20-15(24)7-22-16(25)4-3-14(21-22)23-9-18-8-19-23/h3-6,8-9H,7H2,1-2H3,(H,20,24). The molecule has 0 atom stereocenters. The molecule has 2 heterocycles. The number of ether oxygens (including phenoxy) is 1. The van der Waals surface area contributed by atoms with Gasteiger partial charge in [-0.3, -0.25) is 9.59 Å². The van der Waals surface area contributed by atoms with Gasteiger partial charge in [-0.1, -0.05) is 11.6 Å². The van der Waals surface area contributed by atoms with Crippen LogP contribution in [0.25, 0.3) is 5.82 Å². The van der Waals surface area contributed by atoms with Crippen molar-refractivity contribution in [1.82, 2.24) is 24.5 Å². The second-order valence-electron chi connectivity index (χ2n) is 5.38. The largest absolute Gasteiger partial charge is 0.495 e. The number of rotatable bonds is 5. The van der Waals surface area contributed by atoms with E-state index in [2.05, 4.69) is 20.5 Å². The lowest BCUT2D eigenvalue weighted by Crippen LogP contribution is -2.30. The Labute approximate surface area is 153 Å². The Hall–Kier alpha value is -3.20. The van der Waals surface area contributed by atoms with Crippen LogP contribution in [0.5, 0.6) is 5.75 Å². The van der Waals surface area contributed by atoms with Crippen molar-refractivity contribution >= 4 is 23.2 Å². The molecule has 0 aliphatic rings. The highest BCUT2D eigenvalue weighted by atomic mass is 35.5. The number of anilines is 1. The Balaban J connectivity index is 1.82. The van der Waals surface area contributed by atoms with Gasteiger partial charge in [0.25, 0.3) is 5.56 Å². The molecule has 0 spiro atoms. The first-order valence-corrected chi connectivity index (χ1v) is 7.93. The maximum Gasteiger partial charge on any atom is 0.267 e. The van der Waals surface area contributed by atoms with E-state index in [4.69, 9.17) is 16.3 Å². The zero-order valence-corrected chi connectivity index (χ0v) is 14.8. The molecule has 134 valence electrons. The molecule has 3 aromatic rings. The summed E-state index contributed by atoms with van der Waals surface area (Å²) in [6.07, 6.45) is 2.79. The summed E-state index contributed by atoms with van der Waals surface area (Å²) in [6, 6.07) is 6.12. The molecule has 10 heteroatoms. The summed E-state index contributed by atoms with van der Waals surface area (Å²) in [7, 11) is 1.48. The highest BCUT2D eigenvalue weighted by molar-refractivity contribution is 6.31. The van der Waals surface area contributed by atoms with Gasteiger partial charge in [0.05, 0.1) is 12.8 Å². The molecular weight excluding hydrogens is 360 g/mol. The molecule has 0 bridgehead atoms. The topological polar surface area (TPSA) is 104 Å². The zero-order valence-electron chi connectivity index (χ0n) is 14.0. The van der Waals surface area contributed by atoms with E-state index >= 15 is 0 Å². The quantitative estimate of drug-likeness (QED) is 0.724. The van der Waals surface area contributed by atoms with Gasteiger partial charge >= 0.3 is 0 Å². The molecule has 1 aromatic carbocycles. The number of aromatic nitrogens is 5. The van der Waals surface area contributed by atoms with E-state index in [0.29, 0.717) is 22.3 Å². The lowest BCUT2D eigenvalue weighted by Gasteiger charge is -2.13. The van der Waals surface area contributed by atoms with Crippen molar-refractivity contribution in [1.29, 1.82) is 0 Å². The number of hydrogen-bond acceptors (Lipinski definition) is 6. The summed E-state index contributed by atoms with van der Waals surface area (Å²) in [5.41, 5.74) is 0.828. The van der Waals surface area contributed by atoms with E-state index in [1.54, 1.807) is 12.1 Å². The Morgan fingerprint density at radius 3 is 2.85 bits per heavy atom. The van der Waals surface area contributed by atoms with E-state index in [0.717, 1.165) is 10.2 Å². The average Bonchev–Trinajstić information content (AvgIpc) is 3.14. The van der Waals surface area contributed by atoms with E-state index in [-0.39, 0.29) is 6.54 Å². The van der Waals surface area contributed by atoms with Crippen LogP contribution in [0.1, 0.15) is 5.56 Å². The van der Waals surface area contributed by atoms with Gasteiger partial charge in [0.1, 0.15) is 24.9 Å². The zero-order chi connectivity index (χ0) is 18.7. The van der Waals surface area contributed by atoms with Crippen LogP contribution >= 0.6 is 11.6 Å². The maximum absolute atomic E-state index is 12.4. The molecule has 0 aliphatic carbocycles. The number of aryl methyl sites for hydroxylation is 1. The van der Waals surface area contributed by atoms with Crippen molar-refractivity contribution in [3.63, 3.8) is 0 Å². The highest BCUT2D eigenvalue weighted by Gasteiger charge is 2.12. The van der Waals surface area contributed by atoms with Gasteiger partial charge in [-0.25, -0.2) is 14.3 Å². The summed E-state index contributed by atoms with van der Waals surface area (Å²) in [4.78, 5) is 28.2. The molecule has 0 fully saturated rings. The SMILES string of the molecule is COc1cc(Cl)c(C)cc1NC(=O)Cn1nc(-n2cncn2)ccc1=O. The number of nitrogens with zero attached hydrogens (tertiary/aromatic N) is 5. The van der Waals surface area contributed by atoms with Crippen LogP contribution in [0.2, 0.25) is 5.02 Å². The molecule has 0 aliphatic heterocycles. The van der Waals surface area contributed by atoms with Crippen LogP contribution < -0.4 is 15.6 Å². The smallest absolute Gasteiger partial charge is 0.267 e. The van der Waals surface area contributed by atoms with Gasteiger partial charge in [-0.2, -0.15) is 5.10 Å². The van der Waals surface area contributed by atoms with Crippen molar-refractivity contribution in [3.8, 4) is 11.6 Å². The van der Waals surface area contributed by atoms with Crippen LogP contribution in [-0.4, -0.2) is 37.6 Å². The Morgan fingerprint density at radius 2 is 2.15 bits per heavy atom. The average molecular weight is 375 g/mol. The predicted molar refractivity (Wildman–Crippen MR) is 94.8 cm³/mol. The molecule has 0 unspecified atom stereocenters. The van der Waals surface area contributed by atoms with Crippen LogP contribution in [-0.2, 0) is 11.3 Å². The molecule has 0 radical (unpaired) electrons. The van der Waals surface area contributed by atoms with Crippen LogP contribution in [0.3, 0.4) is 0 Å². The van der Waals surface area contributed by atoms with Crippen LogP contribution in [0.15, 0.2) is 41.7 Å². The molecule has 0 saturated heterocycles. The van der Waals surface area contributed by atoms with Gasteiger partial charge in [-0.15, -0.1) is 5.10 Å². The van der Waals surface area contributed by atoms with Gasteiger partial charge in [0, 0.05) is 17.2 Å². The number of hydrogen-bond donors (Lipinski definition) is 1. The minimum atomic E-state index is -0.435. The number of methoxy groups -OCH3 is 1. The number of carbonyl (C=O) groups is 1. The maximum atomic E-state index is 12.4. The fourth-order valence-corrected chi connectivity index (χ4v) is 2.41. The molecule has 0 saturated carbocycles. The van der Waals surface area contributed by atoms with Gasteiger partial charge < -0.3 is 10.1 Å². The van der Waals surface area contributed by atoms with Crippen LogP contribution in [0.4, 0.5) is 5.69 Å². The Morgan fingerprint density at radius 1 is 1.35 bits per heavy atom. The molecule has 26 heavy (non-hydrogen) atoms. The van der Waals surface area contributed by atoms with E-state index in [1.165, 1.54) is 36.6 Å². The number of nitrogens with one attached hydrogen (secondary N) is 1. The third kappa shape index (κ3) is 3.72. The predicted octanol–water partition coefficient (Wildman–Crippen LogP) is 1.43. The first-order valence-electron chi connectivity index (χ1n) is 7.55. The monoisotopic (exact) mass is 374 g/mol. The third-order valence-electron chi connectivity index (χ3n) is 3.55. The van der Waals surface area contributed by atoms with Crippen LogP contribution in [0, 0.1) is 6.92 Å². The Bertz CT molecular complexity index is 1000. The van der Waals surface area contributed by atoms with Crippen molar-refractivity contribution < 1.29 is 9.53 Å². The van der Waals surface area contributed by atoms with Crippen molar-refractivity contribution in [2.24, 2.45) is 0 Å². The summed E-state index contributed by atoms with van der Waals surface area (Å²) in [5, 5.41) is 11.3. The van der Waals surface area contributed by atoms with Crippen molar-refractivity contribution in [2.45, 2.75) is 13.5 Å². The molecule has 3 rings (SSSR count). The van der Waals surface area contributed by atoms with E-state index < -0.39 is 11.5 Å². The van der Waals surface area contributed by atoms with Crippen molar-refractivity contribution in [2.75, 3.05) is 12.4 Å². The first kappa shape index (κ1) is 17.6. The molecular formula is C16H15ClN6O3. The van der Waals surface area contributed by atoms with Gasteiger partial charge in [-0.05, 0) is 24.6 Å². The summed E-state index contributed by atoms with van der Waals surface area (Å²) in [5.74, 6) is 0.357. The molecule has 2 aromatic heterocycles. The number of benzene rings is 1. The van der Waals surface area contributed by atoms with Crippen molar-refractivity contribution in [3.05, 3.63) is 57.9 Å². The Kier molecular flexibility index (Phi) is 4.99. The molecule has 9 nitrogen and oxygen atoms in total. The second kappa shape index (κ2) is 7.36. The minimum absolute atomic E-state index is 0.272. The minimum Gasteiger partial charge on any atom is -0.495 e. The highest BCUT2D eigenvalue weighted by Crippen LogP contribution is 2.30. The fraction of sp³-hybridized carbons (Fsp3) is 0.188. The van der Waals surface area contributed by atoms with Gasteiger partial charge in [0.15, 0.2) is 5.82 Å². The molecule has 1 amide bonds. The van der Waals surface area contributed by atoms with E-state index in [1.807, 2.05) is 6.92 Å². The number of halogens is 1. The summed E-state index contributed by atoms with van der Waals surface area (Å²) < 4.78 is 7.65. The molecule has 1 N–H and O–H groups in total. The number of amides is 1.